The highest BCUT2D eigenvalue weighted by atomic mass is 14.9. The number of nitrogens with zero attached hydrogens (tertiary/aromatic N) is 1. The third kappa shape index (κ3) is 2.72. The van der Waals surface area contributed by atoms with Gasteiger partial charge in [-0.05, 0) is 12.8 Å². The second kappa shape index (κ2) is 5.50. The standard InChI is InChI=1S/C14H18N2/c1-2-3-5-10-13-11-15-14(16-13)12-8-6-4-7-9-12/h4,6-9,11H,2-3,5,10H2,1H3,(H,15,16). The van der Waals surface area contributed by atoms with Crippen LogP contribution >= 0.6 is 0 Å². The first-order chi connectivity index (χ1) is 7.90. The summed E-state index contributed by atoms with van der Waals surface area (Å²) in [4.78, 5) is 7.83. The van der Waals surface area contributed by atoms with Crippen molar-refractivity contribution in [3.8, 4) is 11.4 Å². The Morgan fingerprint density at radius 1 is 1.12 bits per heavy atom. The van der Waals surface area contributed by atoms with E-state index in [1.54, 1.807) is 0 Å². The average Bonchev–Trinajstić information content (AvgIpc) is 2.79. The molecule has 0 radical (unpaired) electrons. The minimum Gasteiger partial charge on any atom is -0.344 e. The highest BCUT2D eigenvalue weighted by Gasteiger charge is 2.02. The Bertz CT molecular complexity index is 417. The number of aryl methyl sites for hydroxylation is 1. The van der Waals surface area contributed by atoms with Gasteiger partial charge in [-0.3, -0.25) is 0 Å². The van der Waals surface area contributed by atoms with Crippen molar-refractivity contribution in [2.45, 2.75) is 32.6 Å². The monoisotopic (exact) mass is 214 g/mol. The fraction of sp³-hybridized carbons (Fsp3) is 0.357. The highest BCUT2D eigenvalue weighted by Crippen LogP contribution is 2.15. The molecule has 0 amide bonds. The van der Waals surface area contributed by atoms with Gasteiger partial charge in [0.2, 0.25) is 0 Å². The Balaban J connectivity index is 2.02. The molecule has 2 rings (SSSR count). The lowest BCUT2D eigenvalue weighted by Gasteiger charge is -1.95. The number of hydrogen-bond donors (Lipinski definition) is 1. The van der Waals surface area contributed by atoms with Gasteiger partial charge < -0.3 is 4.98 Å². The molecule has 0 aliphatic carbocycles. The summed E-state index contributed by atoms with van der Waals surface area (Å²) in [6, 6.07) is 10.3. The van der Waals surface area contributed by atoms with E-state index in [2.05, 4.69) is 29.0 Å². The molecule has 0 spiro atoms. The van der Waals surface area contributed by atoms with Crippen molar-refractivity contribution in [1.29, 1.82) is 0 Å². The maximum absolute atomic E-state index is 4.60. The van der Waals surface area contributed by atoms with E-state index in [1.807, 2.05) is 24.4 Å². The van der Waals surface area contributed by atoms with E-state index in [0.717, 1.165) is 17.8 Å². The maximum atomic E-state index is 4.60. The summed E-state index contributed by atoms with van der Waals surface area (Å²) in [5.74, 6) is 0.979. The van der Waals surface area contributed by atoms with E-state index >= 15 is 0 Å². The molecule has 16 heavy (non-hydrogen) atoms. The topological polar surface area (TPSA) is 28.7 Å². The van der Waals surface area contributed by atoms with E-state index in [-0.39, 0.29) is 0 Å². The Morgan fingerprint density at radius 2 is 1.94 bits per heavy atom. The van der Waals surface area contributed by atoms with Gasteiger partial charge in [0.15, 0.2) is 0 Å². The van der Waals surface area contributed by atoms with Crippen molar-refractivity contribution in [3.05, 3.63) is 42.2 Å². The molecule has 0 fully saturated rings. The van der Waals surface area contributed by atoms with Gasteiger partial charge in [-0.15, -0.1) is 0 Å². The van der Waals surface area contributed by atoms with Crippen molar-refractivity contribution in [2.75, 3.05) is 0 Å². The Kier molecular flexibility index (Phi) is 3.76. The van der Waals surface area contributed by atoms with Crippen molar-refractivity contribution in [1.82, 2.24) is 9.97 Å². The largest absolute Gasteiger partial charge is 0.344 e. The van der Waals surface area contributed by atoms with Crippen LogP contribution in [-0.4, -0.2) is 9.97 Å². The number of imidazole rings is 1. The third-order valence-corrected chi connectivity index (χ3v) is 2.71. The number of rotatable bonds is 5. The second-order valence-corrected chi connectivity index (χ2v) is 4.06. The number of aromatic nitrogens is 2. The molecule has 1 N–H and O–H groups in total. The fourth-order valence-corrected chi connectivity index (χ4v) is 1.79. The van der Waals surface area contributed by atoms with E-state index < -0.39 is 0 Å². The van der Waals surface area contributed by atoms with Crippen LogP contribution in [-0.2, 0) is 6.42 Å². The molecule has 0 unspecified atom stereocenters. The molecule has 2 nitrogen and oxygen atoms in total. The van der Waals surface area contributed by atoms with Gasteiger partial charge in [0, 0.05) is 11.8 Å². The van der Waals surface area contributed by atoms with Crippen LogP contribution < -0.4 is 0 Å². The molecule has 2 heteroatoms. The molecule has 0 saturated carbocycles. The van der Waals surface area contributed by atoms with Crippen LogP contribution in [0.5, 0.6) is 0 Å². The van der Waals surface area contributed by atoms with Gasteiger partial charge in [-0.25, -0.2) is 4.98 Å². The SMILES string of the molecule is CCCCCc1c[nH]c(-c2ccccc2)n1. The molecule has 1 heterocycles. The summed E-state index contributed by atoms with van der Waals surface area (Å²) >= 11 is 0. The number of hydrogen-bond acceptors (Lipinski definition) is 1. The molecule has 0 atom stereocenters. The Labute approximate surface area is 96.7 Å². The van der Waals surface area contributed by atoms with Crippen LogP contribution in [0.25, 0.3) is 11.4 Å². The molecule has 0 aliphatic rings. The van der Waals surface area contributed by atoms with Crippen LogP contribution in [0, 0.1) is 0 Å². The smallest absolute Gasteiger partial charge is 0.137 e. The van der Waals surface area contributed by atoms with Crippen LogP contribution in [0.3, 0.4) is 0 Å². The number of H-pyrrole nitrogens is 1. The summed E-state index contributed by atoms with van der Waals surface area (Å²) < 4.78 is 0. The zero-order valence-corrected chi connectivity index (χ0v) is 9.74. The number of benzene rings is 1. The first-order valence-corrected chi connectivity index (χ1v) is 6.00. The molecule has 84 valence electrons. The number of nitrogens with one attached hydrogen (secondary N) is 1. The summed E-state index contributed by atoms with van der Waals surface area (Å²) in [5.41, 5.74) is 2.33. The van der Waals surface area contributed by atoms with Gasteiger partial charge in [0.25, 0.3) is 0 Å². The summed E-state index contributed by atoms with van der Waals surface area (Å²) in [6.45, 7) is 2.22. The van der Waals surface area contributed by atoms with Gasteiger partial charge in [0.05, 0.1) is 5.69 Å². The normalized spacial score (nSPS) is 10.6. The van der Waals surface area contributed by atoms with Crippen molar-refractivity contribution in [2.24, 2.45) is 0 Å². The van der Waals surface area contributed by atoms with Crippen LogP contribution in [0.4, 0.5) is 0 Å². The lowest BCUT2D eigenvalue weighted by atomic mass is 10.2. The zero-order chi connectivity index (χ0) is 11.2. The minimum absolute atomic E-state index is 0.979. The summed E-state index contributed by atoms with van der Waals surface area (Å²) in [6.07, 6.45) is 6.88. The molecule has 0 bridgehead atoms. The fourth-order valence-electron chi connectivity index (χ4n) is 1.79. The van der Waals surface area contributed by atoms with E-state index in [9.17, 15) is 0 Å². The maximum Gasteiger partial charge on any atom is 0.137 e. The quantitative estimate of drug-likeness (QED) is 0.753. The molecule has 0 aliphatic heterocycles. The molecular weight excluding hydrogens is 196 g/mol. The van der Waals surface area contributed by atoms with Crippen LogP contribution in [0.1, 0.15) is 31.9 Å². The lowest BCUT2D eigenvalue weighted by Crippen LogP contribution is -1.85. The van der Waals surface area contributed by atoms with Crippen LogP contribution in [0.15, 0.2) is 36.5 Å². The van der Waals surface area contributed by atoms with Crippen molar-refractivity contribution in [3.63, 3.8) is 0 Å². The van der Waals surface area contributed by atoms with Crippen LogP contribution in [0.2, 0.25) is 0 Å². The number of aromatic amines is 1. The van der Waals surface area contributed by atoms with Crippen molar-refractivity contribution < 1.29 is 0 Å². The molecular formula is C14H18N2. The van der Waals surface area contributed by atoms with Gasteiger partial charge >= 0.3 is 0 Å². The molecule has 0 saturated heterocycles. The predicted molar refractivity (Wildman–Crippen MR) is 67.3 cm³/mol. The van der Waals surface area contributed by atoms with Gasteiger partial charge in [0.1, 0.15) is 5.82 Å². The summed E-state index contributed by atoms with van der Waals surface area (Å²) in [7, 11) is 0. The average molecular weight is 214 g/mol. The lowest BCUT2D eigenvalue weighted by molar-refractivity contribution is 0.709. The first kappa shape index (κ1) is 10.9. The Morgan fingerprint density at radius 3 is 2.69 bits per heavy atom. The predicted octanol–water partition coefficient (Wildman–Crippen LogP) is 3.81. The Hall–Kier alpha value is -1.57. The molecule has 1 aromatic carbocycles. The highest BCUT2D eigenvalue weighted by molar-refractivity contribution is 5.54. The second-order valence-electron chi connectivity index (χ2n) is 4.06. The van der Waals surface area contributed by atoms with Crippen molar-refractivity contribution >= 4 is 0 Å². The first-order valence-electron chi connectivity index (χ1n) is 6.00. The van der Waals surface area contributed by atoms with E-state index in [1.165, 1.54) is 25.0 Å². The van der Waals surface area contributed by atoms with Gasteiger partial charge in [-0.1, -0.05) is 50.1 Å². The van der Waals surface area contributed by atoms with Gasteiger partial charge in [-0.2, -0.15) is 0 Å². The van der Waals surface area contributed by atoms with E-state index in [4.69, 9.17) is 0 Å². The summed E-state index contributed by atoms with van der Waals surface area (Å²) in [5, 5.41) is 0. The zero-order valence-electron chi connectivity index (χ0n) is 9.74. The molecule has 2 aromatic rings. The minimum atomic E-state index is 0.979. The van der Waals surface area contributed by atoms with E-state index in [0.29, 0.717) is 0 Å². The number of unbranched alkanes of at least 4 members (excludes halogenated alkanes) is 2. The third-order valence-electron chi connectivity index (χ3n) is 2.71. The molecule has 1 aromatic heterocycles.